The molecule has 200 valence electrons. The van der Waals surface area contributed by atoms with E-state index in [2.05, 4.69) is 37.8 Å². The molecule has 0 spiro atoms. The smallest absolute Gasteiger partial charge is 0.280 e. The van der Waals surface area contributed by atoms with Gasteiger partial charge in [-0.2, -0.15) is 0 Å². The molecule has 0 bridgehead atoms. The first-order valence-electron chi connectivity index (χ1n) is 12.6. The minimum Gasteiger partial charge on any atom is -0.370 e. The SMILES string of the molecule is CN1CCc2nc(C(=O)NC3CC(C(=O)N(C)C)CCC3NC(=S)c3cc4ccc(Cl)cc4nn3)sc2C1. The fourth-order valence-electron chi connectivity index (χ4n) is 5.11. The van der Waals surface area contributed by atoms with Crippen molar-refractivity contribution in [2.24, 2.45) is 5.92 Å². The molecule has 2 aromatic heterocycles. The van der Waals surface area contributed by atoms with Crippen molar-refractivity contribution in [2.45, 2.75) is 44.3 Å². The highest BCUT2D eigenvalue weighted by atomic mass is 35.5. The van der Waals surface area contributed by atoms with Crippen LogP contribution >= 0.6 is 35.2 Å². The summed E-state index contributed by atoms with van der Waals surface area (Å²) in [5, 5.41) is 17.1. The second-order valence-electron chi connectivity index (χ2n) is 10.2. The number of carbonyl (C=O) groups is 2. The number of fused-ring (bicyclic) bond motifs is 2. The second kappa shape index (κ2) is 11.2. The molecule has 1 fully saturated rings. The third-order valence-corrected chi connectivity index (χ3v) is 8.82. The Balaban J connectivity index is 1.34. The molecule has 1 aliphatic carbocycles. The Morgan fingerprint density at radius 2 is 1.97 bits per heavy atom. The summed E-state index contributed by atoms with van der Waals surface area (Å²) < 4.78 is 0. The number of nitrogens with one attached hydrogen (secondary N) is 2. The first-order valence-corrected chi connectivity index (χ1v) is 14.2. The average Bonchev–Trinajstić information content (AvgIpc) is 3.32. The van der Waals surface area contributed by atoms with Gasteiger partial charge in [0.05, 0.1) is 17.3 Å². The van der Waals surface area contributed by atoms with Crippen LogP contribution in [0.1, 0.15) is 45.3 Å². The molecule has 3 atom stereocenters. The van der Waals surface area contributed by atoms with E-state index in [-0.39, 0.29) is 29.8 Å². The number of hydrogen-bond donors (Lipinski definition) is 2. The number of benzene rings is 1. The first-order chi connectivity index (χ1) is 18.2. The van der Waals surface area contributed by atoms with Crippen molar-refractivity contribution < 1.29 is 9.59 Å². The van der Waals surface area contributed by atoms with Crippen LogP contribution in [0.5, 0.6) is 0 Å². The van der Waals surface area contributed by atoms with Gasteiger partial charge in [0.15, 0.2) is 5.01 Å². The normalized spacial score (nSPS) is 21.5. The zero-order valence-corrected chi connectivity index (χ0v) is 23.9. The third kappa shape index (κ3) is 5.80. The van der Waals surface area contributed by atoms with Crippen LogP contribution in [0, 0.1) is 5.92 Å². The number of halogens is 1. The fraction of sp³-hybridized carbons (Fsp3) is 0.462. The molecule has 12 heteroatoms. The van der Waals surface area contributed by atoms with Crippen LogP contribution < -0.4 is 10.6 Å². The number of rotatable bonds is 5. The lowest BCUT2D eigenvalue weighted by Gasteiger charge is -2.37. The largest absolute Gasteiger partial charge is 0.370 e. The van der Waals surface area contributed by atoms with Crippen LogP contribution in [0.2, 0.25) is 5.02 Å². The summed E-state index contributed by atoms with van der Waals surface area (Å²) in [4.78, 5) is 36.2. The molecular weight excluding hydrogens is 542 g/mol. The van der Waals surface area contributed by atoms with E-state index in [4.69, 9.17) is 23.8 Å². The van der Waals surface area contributed by atoms with Gasteiger partial charge >= 0.3 is 0 Å². The second-order valence-corrected chi connectivity index (χ2v) is 12.1. The monoisotopic (exact) mass is 571 g/mol. The maximum Gasteiger partial charge on any atom is 0.280 e. The summed E-state index contributed by atoms with van der Waals surface area (Å²) >= 11 is 13.2. The van der Waals surface area contributed by atoms with E-state index >= 15 is 0 Å². The Labute approximate surface area is 236 Å². The highest BCUT2D eigenvalue weighted by molar-refractivity contribution is 7.80. The molecule has 2 aliphatic rings. The maximum absolute atomic E-state index is 13.3. The van der Waals surface area contributed by atoms with Gasteiger partial charge in [0.1, 0.15) is 10.7 Å². The predicted octanol–water partition coefficient (Wildman–Crippen LogP) is 3.05. The molecule has 9 nitrogen and oxygen atoms in total. The molecule has 3 unspecified atom stereocenters. The van der Waals surface area contributed by atoms with Crippen molar-refractivity contribution in [3.8, 4) is 0 Å². The number of thiocarbonyl (C=S) groups is 1. The van der Waals surface area contributed by atoms with Gasteiger partial charge in [0.25, 0.3) is 5.91 Å². The van der Waals surface area contributed by atoms with Crippen molar-refractivity contribution in [3.05, 3.63) is 50.6 Å². The average molecular weight is 572 g/mol. The molecule has 5 rings (SSSR count). The van der Waals surface area contributed by atoms with Gasteiger partial charge in [-0.05, 0) is 44.5 Å². The highest BCUT2D eigenvalue weighted by Gasteiger charge is 2.36. The van der Waals surface area contributed by atoms with Crippen LogP contribution in [-0.4, -0.2) is 81.6 Å². The van der Waals surface area contributed by atoms with E-state index in [1.165, 1.54) is 11.3 Å². The van der Waals surface area contributed by atoms with Crippen LogP contribution in [0.15, 0.2) is 24.3 Å². The van der Waals surface area contributed by atoms with E-state index < -0.39 is 0 Å². The maximum atomic E-state index is 13.3. The highest BCUT2D eigenvalue weighted by Crippen LogP contribution is 2.29. The lowest BCUT2D eigenvalue weighted by atomic mass is 9.81. The molecule has 1 aliphatic heterocycles. The molecule has 1 saturated carbocycles. The van der Waals surface area contributed by atoms with Crippen molar-refractivity contribution in [3.63, 3.8) is 0 Å². The van der Waals surface area contributed by atoms with E-state index in [0.29, 0.717) is 45.5 Å². The Kier molecular flexibility index (Phi) is 7.90. The van der Waals surface area contributed by atoms with Gasteiger partial charge in [-0.3, -0.25) is 9.59 Å². The van der Waals surface area contributed by atoms with Gasteiger partial charge in [0, 0.05) is 60.9 Å². The molecule has 0 radical (unpaired) electrons. The van der Waals surface area contributed by atoms with Gasteiger partial charge < -0.3 is 20.4 Å². The van der Waals surface area contributed by atoms with E-state index in [1.54, 1.807) is 31.1 Å². The van der Waals surface area contributed by atoms with E-state index in [0.717, 1.165) is 35.5 Å². The molecule has 0 saturated heterocycles. The lowest BCUT2D eigenvalue weighted by molar-refractivity contribution is -0.134. The minimum atomic E-state index is -0.307. The summed E-state index contributed by atoms with van der Waals surface area (Å²) in [6, 6.07) is 6.84. The Morgan fingerprint density at radius 1 is 1.16 bits per heavy atom. The predicted molar refractivity (Wildman–Crippen MR) is 153 cm³/mol. The first kappa shape index (κ1) is 26.9. The Morgan fingerprint density at radius 3 is 2.76 bits per heavy atom. The zero-order valence-electron chi connectivity index (χ0n) is 21.5. The number of likely N-dealkylation sites (N-methyl/N-ethyl adjacent to an activating group) is 1. The molecule has 2 N–H and O–H groups in total. The van der Waals surface area contributed by atoms with Crippen LogP contribution in [0.3, 0.4) is 0 Å². The third-order valence-electron chi connectivity index (χ3n) is 7.17. The molecule has 2 amide bonds. The summed E-state index contributed by atoms with van der Waals surface area (Å²) in [5.74, 6) is -0.322. The van der Waals surface area contributed by atoms with Crippen LogP contribution in [0.4, 0.5) is 0 Å². The van der Waals surface area contributed by atoms with Gasteiger partial charge in [-0.25, -0.2) is 4.98 Å². The van der Waals surface area contributed by atoms with Crippen molar-refractivity contribution in [1.29, 1.82) is 0 Å². The zero-order chi connectivity index (χ0) is 27.0. The number of amides is 2. The van der Waals surface area contributed by atoms with Gasteiger partial charge in [-0.15, -0.1) is 21.5 Å². The minimum absolute atomic E-state index is 0.0667. The fourth-order valence-corrected chi connectivity index (χ4v) is 6.61. The number of aromatic nitrogens is 3. The lowest BCUT2D eigenvalue weighted by Crippen LogP contribution is -2.55. The Bertz CT molecular complexity index is 1400. The molecule has 3 heterocycles. The molecule has 1 aromatic carbocycles. The summed E-state index contributed by atoms with van der Waals surface area (Å²) in [6.07, 6.45) is 2.73. The van der Waals surface area contributed by atoms with Crippen molar-refractivity contribution in [1.82, 2.24) is 35.6 Å². The molecule has 3 aromatic rings. The summed E-state index contributed by atoms with van der Waals surface area (Å²) in [5.41, 5.74) is 2.24. The molecular formula is C26H30ClN7O2S2. The molecule has 38 heavy (non-hydrogen) atoms. The van der Waals surface area contributed by atoms with Crippen LogP contribution in [-0.2, 0) is 17.8 Å². The number of carbonyl (C=O) groups excluding carboxylic acids is 2. The van der Waals surface area contributed by atoms with Crippen molar-refractivity contribution in [2.75, 3.05) is 27.7 Å². The van der Waals surface area contributed by atoms with Gasteiger partial charge in [0.2, 0.25) is 5.91 Å². The Hall–Kier alpha value is -2.73. The number of nitrogens with zero attached hydrogens (tertiary/aromatic N) is 5. The number of hydrogen-bond acceptors (Lipinski definition) is 8. The topological polar surface area (TPSA) is 103 Å². The standard InChI is InChI=1S/C26H30ClN7O2S2/c1-33(2)26(36)15-5-7-17(29-24(37)21-10-14-4-6-16(27)12-19(14)31-32-21)20(11-15)28-23(35)25-30-18-8-9-34(3)13-22(18)38-25/h4,6,10,12,15,17,20H,5,7-9,11,13H2,1-3H3,(H,28,35)(H,29,37). The van der Waals surface area contributed by atoms with E-state index in [9.17, 15) is 9.59 Å². The van der Waals surface area contributed by atoms with Gasteiger partial charge in [-0.1, -0.05) is 29.9 Å². The number of thiazole rings is 1. The quantitative estimate of drug-likeness (QED) is 0.451. The summed E-state index contributed by atoms with van der Waals surface area (Å²) in [7, 11) is 5.59. The van der Waals surface area contributed by atoms with E-state index in [1.807, 2.05) is 12.1 Å². The summed E-state index contributed by atoms with van der Waals surface area (Å²) in [6.45, 7) is 1.74. The van der Waals surface area contributed by atoms with Crippen LogP contribution in [0.25, 0.3) is 10.9 Å². The van der Waals surface area contributed by atoms with Crippen molar-refractivity contribution >= 4 is 62.9 Å².